The Morgan fingerprint density at radius 3 is 2.95 bits per heavy atom. The average Bonchev–Trinajstić information content (AvgIpc) is 2.91. The number of ether oxygens (including phenoxy) is 1. The summed E-state index contributed by atoms with van der Waals surface area (Å²) in [5.41, 5.74) is 2.35. The molecule has 0 aliphatic rings. The molecule has 106 valence electrons. The second kappa shape index (κ2) is 6.18. The van der Waals surface area contributed by atoms with Crippen molar-refractivity contribution in [3.8, 4) is 5.75 Å². The smallest absolute Gasteiger partial charge is 0.164 e. The van der Waals surface area contributed by atoms with Crippen molar-refractivity contribution in [2.24, 2.45) is 5.16 Å². The van der Waals surface area contributed by atoms with E-state index in [0.717, 1.165) is 23.5 Å². The standard InChI is InChI=1S/C14H18N4O2/c1-4-18-14(15-9-16-18)8-20-13-7-10(2)5-6-12(13)11(3)17-19/h5-7,9,19H,4,8H2,1-3H3. The van der Waals surface area contributed by atoms with Gasteiger partial charge in [0.15, 0.2) is 5.82 Å². The predicted molar refractivity (Wildman–Crippen MR) is 75.2 cm³/mol. The van der Waals surface area contributed by atoms with E-state index in [-0.39, 0.29) is 0 Å². The summed E-state index contributed by atoms with van der Waals surface area (Å²) in [7, 11) is 0. The van der Waals surface area contributed by atoms with Gasteiger partial charge in [-0.2, -0.15) is 5.10 Å². The highest BCUT2D eigenvalue weighted by molar-refractivity contribution is 6.00. The molecule has 20 heavy (non-hydrogen) atoms. The molecule has 0 bridgehead atoms. The molecule has 1 N–H and O–H groups in total. The van der Waals surface area contributed by atoms with Crippen molar-refractivity contribution in [3.05, 3.63) is 41.5 Å². The summed E-state index contributed by atoms with van der Waals surface area (Å²) in [6.07, 6.45) is 1.51. The van der Waals surface area contributed by atoms with Crippen LogP contribution < -0.4 is 4.74 Å². The first-order valence-corrected chi connectivity index (χ1v) is 6.44. The summed E-state index contributed by atoms with van der Waals surface area (Å²) >= 11 is 0. The number of rotatable bonds is 5. The van der Waals surface area contributed by atoms with Gasteiger partial charge in [0, 0.05) is 12.1 Å². The Hall–Kier alpha value is -2.37. The third kappa shape index (κ3) is 2.96. The zero-order valence-electron chi connectivity index (χ0n) is 11.9. The Balaban J connectivity index is 2.22. The van der Waals surface area contributed by atoms with Gasteiger partial charge in [0.25, 0.3) is 0 Å². The predicted octanol–water partition coefficient (Wildman–Crippen LogP) is 2.38. The molecule has 0 aliphatic heterocycles. The van der Waals surface area contributed by atoms with Crippen LogP contribution in [0.2, 0.25) is 0 Å². The van der Waals surface area contributed by atoms with Crippen LogP contribution in [0.4, 0.5) is 0 Å². The van der Waals surface area contributed by atoms with E-state index in [4.69, 9.17) is 9.94 Å². The number of oxime groups is 1. The second-order valence-electron chi connectivity index (χ2n) is 4.47. The van der Waals surface area contributed by atoms with Crippen LogP contribution in [0, 0.1) is 6.92 Å². The zero-order chi connectivity index (χ0) is 14.5. The van der Waals surface area contributed by atoms with Crippen LogP contribution in [0.15, 0.2) is 29.7 Å². The third-order valence-corrected chi connectivity index (χ3v) is 3.03. The monoisotopic (exact) mass is 274 g/mol. The Labute approximate surface area is 117 Å². The van der Waals surface area contributed by atoms with Gasteiger partial charge >= 0.3 is 0 Å². The van der Waals surface area contributed by atoms with E-state index >= 15 is 0 Å². The number of hydrogen-bond acceptors (Lipinski definition) is 5. The van der Waals surface area contributed by atoms with Gasteiger partial charge in [0.2, 0.25) is 0 Å². The van der Waals surface area contributed by atoms with E-state index in [1.807, 2.05) is 32.0 Å². The van der Waals surface area contributed by atoms with Gasteiger partial charge in [-0.3, -0.25) is 0 Å². The van der Waals surface area contributed by atoms with Crippen LogP contribution in [0.1, 0.15) is 30.8 Å². The number of hydrogen-bond donors (Lipinski definition) is 1. The van der Waals surface area contributed by atoms with E-state index in [2.05, 4.69) is 15.2 Å². The normalized spacial score (nSPS) is 11.7. The quantitative estimate of drug-likeness (QED) is 0.516. The Morgan fingerprint density at radius 2 is 2.25 bits per heavy atom. The first-order valence-electron chi connectivity index (χ1n) is 6.44. The van der Waals surface area contributed by atoms with Gasteiger partial charge in [-0.05, 0) is 38.5 Å². The van der Waals surface area contributed by atoms with E-state index in [9.17, 15) is 0 Å². The molecule has 0 aliphatic carbocycles. The minimum absolute atomic E-state index is 0.322. The van der Waals surface area contributed by atoms with Crippen molar-refractivity contribution < 1.29 is 9.94 Å². The number of nitrogens with zero attached hydrogens (tertiary/aromatic N) is 4. The van der Waals surface area contributed by atoms with Crippen LogP contribution in [0.5, 0.6) is 5.75 Å². The molecule has 2 rings (SSSR count). The SMILES string of the molecule is CCn1ncnc1COc1cc(C)ccc1C(C)=NO. The first kappa shape index (κ1) is 14.0. The van der Waals surface area contributed by atoms with Crippen molar-refractivity contribution in [1.29, 1.82) is 0 Å². The summed E-state index contributed by atoms with van der Waals surface area (Å²) in [4.78, 5) is 4.17. The molecule has 0 fully saturated rings. The first-order chi connectivity index (χ1) is 9.65. The number of aromatic nitrogens is 3. The molecule has 0 amide bonds. The van der Waals surface area contributed by atoms with Crippen LogP contribution in [0.3, 0.4) is 0 Å². The topological polar surface area (TPSA) is 72.5 Å². The van der Waals surface area contributed by atoms with Gasteiger partial charge in [-0.1, -0.05) is 11.2 Å². The van der Waals surface area contributed by atoms with Gasteiger partial charge < -0.3 is 9.94 Å². The molecular weight excluding hydrogens is 256 g/mol. The fourth-order valence-corrected chi connectivity index (χ4v) is 1.91. The molecule has 0 unspecified atom stereocenters. The highest BCUT2D eigenvalue weighted by Crippen LogP contribution is 2.22. The molecule has 1 aromatic heterocycles. The van der Waals surface area contributed by atoms with Crippen molar-refractivity contribution in [3.63, 3.8) is 0 Å². The molecule has 1 aromatic carbocycles. The largest absolute Gasteiger partial charge is 0.485 e. The van der Waals surface area contributed by atoms with Gasteiger partial charge in [0.05, 0.1) is 5.71 Å². The molecule has 2 aromatic rings. The number of aryl methyl sites for hydroxylation is 2. The van der Waals surface area contributed by atoms with Crippen molar-refractivity contribution in [2.45, 2.75) is 33.9 Å². The van der Waals surface area contributed by atoms with Crippen LogP contribution >= 0.6 is 0 Å². The van der Waals surface area contributed by atoms with E-state index in [0.29, 0.717) is 18.1 Å². The molecule has 0 radical (unpaired) electrons. The maximum Gasteiger partial charge on any atom is 0.164 e. The maximum atomic E-state index is 8.92. The molecule has 6 heteroatoms. The molecule has 6 nitrogen and oxygen atoms in total. The fraction of sp³-hybridized carbons (Fsp3) is 0.357. The van der Waals surface area contributed by atoms with E-state index in [1.165, 1.54) is 6.33 Å². The summed E-state index contributed by atoms with van der Waals surface area (Å²) in [6.45, 7) is 6.78. The second-order valence-corrected chi connectivity index (χ2v) is 4.47. The Kier molecular flexibility index (Phi) is 4.34. The number of benzene rings is 1. The van der Waals surface area contributed by atoms with Gasteiger partial charge in [-0.25, -0.2) is 9.67 Å². The van der Waals surface area contributed by atoms with Gasteiger partial charge in [-0.15, -0.1) is 0 Å². The van der Waals surface area contributed by atoms with Crippen molar-refractivity contribution in [2.75, 3.05) is 0 Å². The highest BCUT2D eigenvalue weighted by Gasteiger charge is 2.10. The lowest BCUT2D eigenvalue weighted by Crippen LogP contribution is -2.09. The lowest BCUT2D eigenvalue weighted by molar-refractivity contribution is 0.285. The molecule has 1 heterocycles. The van der Waals surface area contributed by atoms with E-state index < -0.39 is 0 Å². The maximum absolute atomic E-state index is 8.92. The van der Waals surface area contributed by atoms with Crippen LogP contribution in [-0.4, -0.2) is 25.7 Å². The minimum atomic E-state index is 0.322. The van der Waals surface area contributed by atoms with Crippen LogP contribution in [0.25, 0.3) is 0 Å². The molecule has 0 saturated carbocycles. The molecular formula is C14H18N4O2. The van der Waals surface area contributed by atoms with Crippen molar-refractivity contribution >= 4 is 5.71 Å². The molecule has 0 spiro atoms. The Morgan fingerprint density at radius 1 is 1.45 bits per heavy atom. The lowest BCUT2D eigenvalue weighted by Gasteiger charge is -2.11. The third-order valence-electron chi connectivity index (χ3n) is 3.03. The lowest BCUT2D eigenvalue weighted by atomic mass is 10.1. The molecule has 0 atom stereocenters. The minimum Gasteiger partial charge on any atom is -0.485 e. The Bertz CT molecular complexity index is 619. The summed E-state index contributed by atoms with van der Waals surface area (Å²) in [5.74, 6) is 1.43. The summed E-state index contributed by atoms with van der Waals surface area (Å²) < 4.78 is 7.59. The summed E-state index contributed by atoms with van der Waals surface area (Å²) in [5, 5.41) is 16.3. The van der Waals surface area contributed by atoms with Gasteiger partial charge in [0.1, 0.15) is 18.7 Å². The summed E-state index contributed by atoms with van der Waals surface area (Å²) in [6, 6.07) is 5.74. The highest BCUT2D eigenvalue weighted by atomic mass is 16.5. The molecule has 0 saturated heterocycles. The van der Waals surface area contributed by atoms with E-state index in [1.54, 1.807) is 11.6 Å². The average molecular weight is 274 g/mol. The van der Waals surface area contributed by atoms with Crippen LogP contribution in [-0.2, 0) is 13.2 Å². The fourth-order valence-electron chi connectivity index (χ4n) is 1.91. The zero-order valence-corrected chi connectivity index (χ0v) is 11.9. The van der Waals surface area contributed by atoms with Crippen molar-refractivity contribution in [1.82, 2.24) is 14.8 Å².